The smallest absolute Gasteiger partial charge is 0.329 e. The van der Waals surface area contributed by atoms with Crippen LogP contribution in [0.4, 0.5) is 4.39 Å². The van der Waals surface area contributed by atoms with E-state index in [9.17, 15) is 14.0 Å². The number of nitrogens with one attached hydrogen (secondary N) is 1. The lowest BCUT2D eigenvalue weighted by Crippen LogP contribution is -2.33. The molecule has 0 saturated heterocycles. The highest BCUT2D eigenvalue weighted by Crippen LogP contribution is 2.12. The molecule has 0 unspecified atom stereocenters. The van der Waals surface area contributed by atoms with Crippen LogP contribution in [-0.2, 0) is 18.4 Å². The van der Waals surface area contributed by atoms with Crippen LogP contribution in [-0.4, -0.2) is 28.2 Å². The number of hydrogen-bond donors (Lipinski definition) is 1. The van der Waals surface area contributed by atoms with Crippen molar-refractivity contribution in [3.63, 3.8) is 0 Å². The lowest BCUT2D eigenvalue weighted by Gasteiger charge is -2.08. The summed E-state index contributed by atoms with van der Waals surface area (Å²) in [6.07, 6.45) is 1.50. The highest BCUT2D eigenvalue weighted by atomic mass is 19.1. The van der Waals surface area contributed by atoms with Crippen molar-refractivity contribution < 1.29 is 13.9 Å². The Balaban J connectivity index is 1.42. The zero-order valence-corrected chi connectivity index (χ0v) is 15.2. The van der Waals surface area contributed by atoms with Gasteiger partial charge in [-0.2, -0.15) is 0 Å². The Morgan fingerprint density at radius 1 is 1.07 bits per heavy atom. The number of rotatable bonds is 8. The molecule has 0 aliphatic heterocycles. The summed E-state index contributed by atoms with van der Waals surface area (Å²) in [5.74, 6) is 0.124. The van der Waals surface area contributed by atoms with Gasteiger partial charge in [-0.25, -0.2) is 9.18 Å². The van der Waals surface area contributed by atoms with Gasteiger partial charge in [0, 0.05) is 13.6 Å². The fourth-order valence-corrected chi connectivity index (χ4v) is 2.89. The highest BCUT2D eigenvalue weighted by Gasteiger charge is 2.12. The van der Waals surface area contributed by atoms with Crippen molar-refractivity contribution in [2.45, 2.75) is 19.4 Å². The van der Waals surface area contributed by atoms with E-state index in [4.69, 9.17) is 4.74 Å². The average Bonchev–Trinajstić information content (AvgIpc) is 2.91. The van der Waals surface area contributed by atoms with Crippen molar-refractivity contribution in [3.8, 4) is 5.75 Å². The maximum atomic E-state index is 12.8. The quantitative estimate of drug-likeness (QED) is 0.619. The molecule has 0 saturated carbocycles. The number of carbonyl (C=O) groups is 1. The summed E-state index contributed by atoms with van der Waals surface area (Å²) in [5.41, 5.74) is 1.33. The van der Waals surface area contributed by atoms with E-state index in [2.05, 4.69) is 5.32 Å². The third-order valence-corrected chi connectivity index (χ3v) is 4.33. The number of ether oxygens (including phenoxy) is 1. The molecule has 7 heteroatoms. The Morgan fingerprint density at radius 3 is 2.52 bits per heavy atom. The molecule has 142 valence electrons. The maximum absolute atomic E-state index is 12.8. The number of imidazole rings is 1. The molecular weight excluding hydrogens is 349 g/mol. The van der Waals surface area contributed by atoms with Crippen molar-refractivity contribution in [1.82, 2.24) is 14.5 Å². The van der Waals surface area contributed by atoms with Gasteiger partial charge in [0.15, 0.2) is 0 Å². The number of hydrogen-bond acceptors (Lipinski definition) is 3. The normalized spacial score (nSPS) is 10.9. The van der Waals surface area contributed by atoms with E-state index in [0.29, 0.717) is 18.9 Å². The Labute approximate surface area is 156 Å². The number of unbranched alkanes of at least 4 members (excludes halogenated alkanes) is 1. The Bertz CT molecular complexity index is 976. The van der Waals surface area contributed by atoms with Crippen LogP contribution in [0.15, 0.2) is 53.3 Å². The van der Waals surface area contributed by atoms with Gasteiger partial charge in [0.1, 0.15) is 18.1 Å². The molecule has 0 atom stereocenters. The topological polar surface area (TPSA) is 65.3 Å². The predicted molar refractivity (Wildman–Crippen MR) is 101 cm³/mol. The highest BCUT2D eigenvalue weighted by molar-refractivity contribution is 5.80. The number of benzene rings is 2. The first kappa shape index (κ1) is 18.7. The van der Waals surface area contributed by atoms with Crippen molar-refractivity contribution in [2.75, 3.05) is 13.2 Å². The summed E-state index contributed by atoms with van der Waals surface area (Å²) in [6.45, 7) is 0.988. The fraction of sp³-hybridized carbons (Fsp3) is 0.300. The average molecular weight is 371 g/mol. The van der Waals surface area contributed by atoms with Gasteiger partial charge in [0.25, 0.3) is 0 Å². The van der Waals surface area contributed by atoms with Crippen molar-refractivity contribution >= 4 is 16.9 Å². The number of amides is 1. The zero-order chi connectivity index (χ0) is 19.2. The molecule has 6 nitrogen and oxygen atoms in total. The van der Waals surface area contributed by atoms with Gasteiger partial charge in [-0.15, -0.1) is 0 Å². The molecule has 2 aromatic carbocycles. The molecule has 0 aliphatic rings. The number of fused-ring (bicyclic) bond motifs is 1. The van der Waals surface area contributed by atoms with E-state index in [-0.39, 0.29) is 24.0 Å². The first-order chi connectivity index (χ1) is 13.1. The van der Waals surface area contributed by atoms with Crippen LogP contribution in [0.25, 0.3) is 11.0 Å². The molecule has 1 N–H and O–H groups in total. The third kappa shape index (κ3) is 4.55. The second kappa shape index (κ2) is 8.53. The van der Waals surface area contributed by atoms with E-state index in [1.165, 1.54) is 21.3 Å². The lowest BCUT2D eigenvalue weighted by atomic mass is 10.3. The summed E-state index contributed by atoms with van der Waals surface area (Å²) in [6, 6.07) is 13.3. The van der Waals surface area contributed by atoms with Crippen LogP contribution >= 0.6 is 0 Å². The molecule has 1 heterocycles. The zero-order valence-electron chi connectivity index (χ0n) is 15.2. The van der Waals surface area contributed by atoms with Gasteiger partial charge in [0.05, 0.1) is 17.6 Å². The number of para-hydroxylation sites is 2. The largest absolute Gasteiger partial charge is 0.494 e. The number of nitrogens with zero attached hydrogens (tertiary/aromatic N) is 2. The number of halogens is 1. The maximum Gasteiger partial charge on any atom is 0.329 e. The number of carbonyl (C=O) groups excluding carboxylic acids is 1. The van der Waals surface area contributed by atoms with Gasteiger partial charge in [-0.1, -0.05) is 12.1 Å². The van der Waals surface area contributed by atoms with Crippen LogP contribution in [0, 0.1) is 5.82 Å². The van der Waals surface area contributed by atoms with Crippen LogP contribution in [0.5, 0.6) is 5.75 Å². The standard InChI is InChI=1S/C20H22FN3O3/c1-23-17-6-2-3-7-18(17)24(20(23)26)14-19(25)22-12-4-5-13-27-16-10-8-15(21)9-11-16/h2-3,6-11H,4-5,12-14H2,1H3,(H,22,25). The van der Waals surface area contributed by atoms with Gasteiger partial charge in [-0.3, -0.25) is 13.9 Å². The molecule has 3 rings (SSSR count). The SMILES string of the molecule is Cn1c(=O)n(CC(=O)NCCCCOc2ccc(F)cc2)c2ccccc21. The minimum absolute atomic E-state index is 0.00767. The number of aromatic nitrogens is 2. The van der Waals surface area contributed by atoms with Gasteiger partial charge in [0.2, 0.25) is 5.91 Å². The van der Waals surface area contributed by atoms with E-state index in [1.54, 1.807) is 19.2 Å². The third-order valence-electron chi connectivity index (χ3n) is 4.33. The summed E-state index contributed by atoms with van der Waals surface area (Å²) in [5, 5.41) is 2.83. The molecule has 27 heavy (non-hydrogen) atoms. The van der Waals surface area contributed by atoms with Crippen LogP contribution in [0.2, 0.25) is 0 Å². The van der Waals surface area contributed by atoms with E-state index in [0.717, 1.165) is 23.9 Å². The van der Waals surface area contributed by atoms with Gasteiger partial charge < -0.3 is 10.1 Å². The van der Waals surface area contributed by atoms with Crippen LogP contribution in [0.1, 0.15) is 12.8 Å². The number of aryl methyl sites for hydroxylation is 1. The predicted octanol–water partition coefficient (Wildman–Crippen LogP) is 2.45. The molecule has 0 aliphatic carbocycles. The molecule has 0 fully saturated rings. The Kier molecular flexibility index (Phi) is 5.90. The molecular formula is C20H22FN3O3. The Morgan fingerprint density at radius 2 is 1.78 bits per heavy atom. The molecule has 3 aromatic rings. The molecule has 0 spiro atoms. The molecule has 0 bridgehead atoms. The van der Waals surface area contributed by atoms with Crippen molar-refractivity contribution in [3.05, 3.63) is 64.8 Å². The van der Waals surface area contributed by atoms with Crippen LogP contribution < -0.4 is 15.7 Å². The summed E-state index contributed by atoms with van der Waals surface area (Å²) < 4.78 is 21.3. The van der Waals surface area contributed by atoms with E-state index >= 15 is 0 Å². The van der Waals surface area contributed by atoms with Crippen LogP contribution in [0.3, 0.4) is 0 Å². The molecule has 1 amide bonds. The summed E-state index contributed by atoms with van der Waals surface area (Å²) >= 11 is 0. The minimum Gasteiger partial charge on any atom is -0.494 e. The van der Waals surface area contributed by atoms with Crippen molar-refractivity contribution in [1.29, 1.82) is 0 Å². The minimum atomic E-state index is -0.296. The monoisotopic (exact) mass is 371 g/mol. The summed E-state index contributed by atoms with van der Waals surface area (Å²) in [7, 11) is 1.69. The fourth-order valence-electron chi connectivity index (χ4n) is 2.89. The van der Waals surface area contributed by atoms with Gasteiger partial charge in [-0.05, 0) is 49.2 Å². The molecule has 1 aromatic heterocycles. The second-order valence-electron chi connectivity index (χ2n) is 6.28. The van der Waals surface area contributed by atoms with Crippen molar-refractivity contribution in [2.24, 2.45) is 7.05 Å². The van der Waals surface area contributed by atoms with Gasteiger partial charge >= 0.3 is 5.69 Å². The molecule has 0 radical (unpaired) electrons. The second-order valence-corrected chi connectivity index (χ2v) is 6.28. The lowest BCUT2D eigenvalue weighted by molar-refractivity contribution is -0.121. The first-order valence-corrected chi connectivity index (χ1v) is 8.85. The van der Waals surface area contributed by atoms with E-state index in [1.807, 2.05) is 24.3 Å². The Hall–Kier alpha value is -3.09. The van der Waals surface area contributed by atoms with E-state index < -0.39 is 0 Å². The first-order valence-electron chi connectivity index (χ1n) is 8.85. The summed E-state index contributed by atoms with van der Waals surface area (Å²) in [4.78, 5) is 24.5.